The van der Waals surface area contributed by atoms with Crippen molar-refractivity contribution in [2.45, 2.75) is 6.18 Å². The van der Waals surface area contributed by atoms with E-state index in [0.717, 1.165) is 6.20 Å². The van der Waals surface area contributed by atoms with Crippen molar-refractivity contribution >= 4 is 12.0 Å². The Morgan fingerprint density at radius 3 is 2.46 bits per heavy atom. The second-order valence-electron chi connectivity index (χ2n) is 2.31. The van der Waals surface area contributed by atoms with Crippen LogP contribution in [0.25, 0.3) is 0 Å². The molecule has 0 aromatic carbocycles. The largest absolute Gasteiger partial charge is 0.433 e. The van der Waals surface area contributed by atoms with Crippen LogP contribution in [-0.4, -0.2) is 11.3 Å². The summed E-state index contributed by atoms with van der Waals surface area (Å²) in [4.78, 5) is 13.2. The Morgan fingerprint density at radius 1 is 1.46 bits per heavy atom. The molecule has 0 spiro atoms. The zero-order chi connectivity index (χ0) is 10.1. The van der Waals surface area contributed by atoms with Gasteiger partial charge in [0, 0.05) is 11.9 Å². The zero-order valence-electron chi connectivity index (χ0n) is 6.30. The first kappa shape index (κ1) is 9.50. The van der Waals surface area contributed by atoms with Gasteiger partial charge in [0.25, 0.3) is 0 Å². The van der Waals surface area contributed by atoms with Crippen LogP contribution in [0.1, 0.15) is 16.1 Å². The van der Waals surface area contributed by atoms with Crippen LogP contribution in [-0.2, 0) is 6.18 Å². The number of halogens is 3. The van der Waals surface area contributed by atoms with Gasteiger partial charge in [0.15, 0.2) is 6.29 Å². The first-order valence-corrected chi connectivity index (χ1v) is 3.23. The molecule has 1 rings (SSSR count). The van der Waals surface area contributed by atoms with Gasteiger partial charge < -0.3 is 5.73 Å². The lowest BCUT2D eigenvalue weighted by Gasteiger charge is -2.06. The fraction of sp³-hybridized carbons (Fsp3) is 0.143. The molecule has 3 nitrogen and oxygen atoms in total. The third-order valence-corrected chi connectivity index (χ3v) is 1.39. The van der Waals surface area contributed by atoms with Crippen LogP contribution in [0.5, 0.6) is 0 Å². The standard InChI is InChI=1S/C7H5F3N2O/c8-7(9,10)6-1-5(11)4(3-13)2-12-6/h1-3H,(H2,11,12). The monoisotopic (exact) mass is 190 g/mol. The predicted molar refractivity (Wildman–Crippen MR) is 39.0 cm³/mol. The highest BCUT2D eigenvalue weighted by molar-refractivity contribution is 5.82. The molecule has 0 aliphatic carbocycles. The number of nitrogen functional groups attached to an aromatic ring is 1. The molecular weight excluding hydrogens is 185 g/mol. The molecule has 0 unspecified atom stereocenters. The van der Waals surface area contributed by atoms with Crippen molar-refractivity contribution in [3.8, 4) is 0 Å². The van der Waals surface area contributed by atoms with Crippen LogP contribution in [0.2, 0.25) is 0 Å². The van der Waals surface area contributed by atoms with Gasteiger partial charge in [0.05, 0.1) is 5.56 Å². The number of pyridine rings is 1. The molecule has 2 N–H and O–H groups in total. The van der Waals surface area contributed by atoms with Crippen LogP contribution in [0, 0.1) is 0 Å². The molecule has 70 valence electrons. The molecule has 6 heteroatoms. The molecule has 1 aromatic heterocycles. The summed E-state index contributed by atoms with van der Waals surface area (Å²) in [6.07, 6.45) is -3.39. The summed E-state index contributed by atoms with van der Waals surface area (Å²) in [5.41, 5.74) is 3.78. The number of aromatic nitrogens is 1. The van der Waals surface area contributed by atoms with Crippen molar-refractivity contribution in [2.24, 2.45) is 0 Å². The van der Waals surface area contributed by atoms with Crippen LogP contribution >= 0.6 is 0 Å². The minimum absolute atomic E-state index is 0.0481. The van der Waals surface area contributed by atoms with Gasteiger partial charge in [0.2, 0.25) is 0 Å². The van der Waals surface area contributed by atoms with Crippen LogP contribution in [0.4, 0.5) is 18.9 Å². The molecule has 0 aliphatic heterocycles. The summed E-state index contributed by atoms with van der Waals surface area (Å²) >= 11 is 0. The fourth-order valence-electron chi connectivity index (χ4n) is 0.735. The number of aldehydes is 1. The van der Waals surface area contributed by atoms with E-state index in [0.29, 0.717) is 12.4 Å². The first-order valence-electron chi connectivity index (χ1n) is 3.23. The molecule has 0 radical (unpaired) electrons. The summed E-state index contributed by atoms with van der Waals surface area (Å²) < 4.78 is 36.0. The number of nitrogens with zero attached hydrogens (tertiary/aromatic N) is 1. The summed E-state index contributed by atoms with van der Waals surface area (Å²) in [7, 11) is 0. The number of anilines is 1. The van der Waals surface area contributed by atoms with Gasteiger partial charge in [-0.05, 0) is 6.07 Å². The molecule has 0 bridgehead atoms. The highest BCUT2D eigenvalue weighted by Crippen LogP contribution is 2.28. The number of hydrogen-bond donors (Lipinski definition) is 1. The van der Waals surface area contributed by atoms with E-state index in [1.807, 2.05) is 0 Å². The van der Waals surface area contributed by atoms with E-state index in [1.165, 1.54) is 0 Å². The molecule has 1 heterocycles. The van der Waals surface area contributed by atoms with Crippen molar-refractivity contribution in [3.05, 3.63) is 23.5 Å². The lowest BCUT2D eigenvalue weighted by atomic mass is 10.2. The fourth-order valence-corrected chi connectivity index (χ4v) is 0.735. The highest BCUT2D eigenvalue weighted by atomic mass is 19.4. The lowest BCUT2D eigenvalue weighted by molar-refractivity contribution is -0.141. The molecular formula is C7H5F3N2O. The highest BCUT2D eigenvalue weighted by Gasteiger charge is 2.32. The van der Waals surface area contributed by atoms with Crippen molar-refractivity contribution in [2.75, 3.05) is 5.73 Å². The molecule has 1 aromatic rings. The first-order chi connectivity index (χ1) is 5.95. The van der Waals surface area contributed by atoms with Gasteiger partial charge >= 0.3 is 6.18 Å². The SMILES string of the molecule is Nc1cc(C(F)(F)F)ncc1C=O. The van der Waals surface area contributed by atoms with E-state index < -0.39 is 11.9 Å². The molecule has 0 aliphatic rings. The Morgan fingerprint density at radius 2 is 2.08 bits per heavy atom. The van der Waals surface area contributed by atoms with E-state index in [-0.39, 0.29) is 11.3 Å². The molecule has 0 atom stereocenters. The van der Waals surface area contributed by atoms with Crippen molar-refractivity contribution in [1.29, 1.82) is 0 Å². The predicted octanol–water partition coefficient (Wildman–Crippen LogP) is 1.50. The van der Waals surface area contributed by atoms with E-state index in [9.17, 15) is 18.0 Å². The van der Waals surface area contributed by atoms with E-state index in [4.69, 9.17) is 5.73 Å². The minimum Gasteiger partial charge on any atom is -0.398 e. The second-order valence-corrected chi connectivity index (χ2v) is 2.31. The number of alkyl halides is 3. The second kappa shape index (κ2) is 3.04. The van der Waals surface area contributed by atoms with Gasteiger partial charge in [0.1, 0.15) is 5.69 Å². The van der Waals surface area contributed by atoms with Crippen LogP contribution in [0.15, 0.2) is 12.3 Å². The van der Waals surface area contributed by atoms with Crippen LogP contribution in [0.3, 0.4) is 0 Å². The zero-order valence-corrected chi connectivity index (χ0v) is 6.30. The molecule has 0 amide bonds. The maximum absolute atomic E-state index is 12.0. The number of rotatable bonds is 1. The lowest BCUT2D eigenvalue weighted by Crippen LogP contribution is -2.09. The number of hydrogen-bond acceptors (Lipinski definition) is 3. The van der Waals surface area contributed by atoms with Crippen molar-refractivity contribution in [3.63, 3.8) is 0 Å². The van der Waals surface area contributed by atoms with Crippen molar-refractivity contribution in [1.82, 2.24) is 4.98 Å². The quantitative estimate of drug-likeness (QED) is 0.682. The molecule has 0 saturated carbocycles. The maximum atomic E-state index is 12.0. The number of carbonyl (C=O) groups excluding carboxylic acids is 1. The Balaban J connectivity index is 3.17. The molecule has 13 heavy (non-hydrogen) atoms. The summed E-state index contributed by atoms with van der Waals surface area (Å²) in [5.74, 6) is 0. The van der Waals surface area contributed by atoms with E-state index in [1.54, 1.807) is 0 Å². The number of nitrogens with two attached hydrogens (primary N) is 1. The topological polar surface area (TPSA) is 56.0 Å². The average Bonchev–Trinajstić information content (AvgIpc) is 2.02. The normalized spacial score (nSPS) is 11.3. The van der Waals surface area contributed by atoms with Gasteiger partial charge in [-0.25, -0.2) is 0 Å². The van der Waals surface area contributed by atoms with E-state index >= 15 is 0 Å². The Labute approximate surface area is 71.4 Å². The number of carbonyl (C=O) groups is 1. The Bertz CT molecular complexity index is 335. The third-order valence-electron chi connectivity index (χ3n) is 1.39. The van der Waals surface area contributed by atoms with Gasteiger partial charge in [-0.3, -0.25) is 9.78 Å². The minimum atomic E-state index is -4.53. The smallest absolute Gasteiger partial charge is 0.398 e. The van der Waals surface area contributed by atoms with Gasteiger partial charge in [-0.15, -0.1) is 0 Å². The van der Waals surface area contributed by atoms with Gasteiger partial charge in [-0.2, -0.15) is 13.2 Å². The molecule has 0 saturated heterocycles. The van der Waals surface area contributed by atoms with Crippen LogP contribution < -0.4 is 5.73 Å². The third kappa shape index (κ3) is 1.95. The summed E-state index contributed by atoms with van der Waals surface area (Å²) in [6.45, 7) is 0. The maximum Gasteiger partial charge on any atom is 0.433 e. The Kier molecular flexibility index (Phi) is 2.22. The summed E-state index contributed by atoms with van der Waals surface area (Å²) in [5, 5.41) is 0. The average molecular weight is 190 g/mol. The Hall–Kier alpha value is -1.59. The van der Waals surface area contributed by atoms with Gasteiger partial charge in [-0.1, -0.05) is 0 Å². The summed E-state index contributed by atoms with van der Waals surface area (Å²) in [6, 6.07) is 0.629. The van der Waals surface area contributed by atoms with E-state index in [2.05, 4.69) is 4.98 Å². The van der Waals surface area contributed by atoms with Crippen molar-refractivity contribution < 1.29 is 18.0 Å². The molecule has 0 fully saturated rings.